The Kier molecular flexibility index (Phi) is 16.0. The molecule has 0 saturated heterocycles. The van der Waals surface area contributed by atoms with Gasteiger partial charge in [-0.1, -0.05) is 19.1 Å². The quantitative estimate of drug-likeness (QED) is 0.0572. The summed E-state index contributed by atoms with van der Waals surface area (Å²) in [7, 11) is 3.89. The number of hydrogen-bond acceptors (Lipinski definition) is 5. The molecule has 3 aromatic rings. The van der Waals surface area contributed by atoms with Gasteiger partial charge >= 0.3 is 12.1 Å². The van der Waals surface area contributed by atoms with Crippen molar-refractivity contribution in [1.82, 2.24) is 14.8 Å². The topological polar surface area (TPSA) is 80.6 Å². The average Bonchev–Trinajstić information content (AvgIpc) is 3.06. The molecular formula is C42H52F5N3O4. The minimum absolute atomic E-state index is 0.0616. The van der Waals surface area contributed by atoms with E-state index in [1.807, 2.05) is 19.0 Å². The third kappa shape index (κ3) is 11.7. The van der Waals surface area contributed by atoms with Gasteiger partial charge in [0.15, 0.2) is 0 Å². The lowest BCUT2D eigenvalue weighted by Gasteiger charge is -2.26. The number of carbonyl (C=O) groups is 2. The number of carbonyl (C=O) groups excluding carboxylic acids is 2. The molecule has 0 fully saturated rings. The number of allylic oxidation sites excluding steroid dienone is 2. The van der Waals surface area contributed by atoms with Crippen LogP contribution in [0.15, 0.2) is 66.6 Å². The SMILES string of the molecule is C=CCCCCc1cc(F)cc(C)c1-c1cc([C@H](CC(=O)OCC)NC(=O)[C@H](CC=C)n2cc(CC(C)CN(C)C)c(C)cc2=O)c(F)c(C(F)(F)F)c1. The number of benzene rings is 2. The number of pyridine rings is 1. The van der Waals surface area contributed by atoms with Crippen molar-refractivity contribution in [3.8, 4) is 11.1 Å². The van der Waals surface area contributed by atoms with Crippen molar-refractivity contribution in [1.29, 1.82) is 0 Å². The normalized spacial score (nSPS) is 13.3. The average molecular weight is 758 g/mol. The van der Waals surface area contributed by atoms with E-state index in [1.54, 1.807) is 26.1 Å². The van der Waals surface area contributed by atoms with Gasteiger partial charge in [-0.2, -0.15) is 13.2 Å². The summed E-state index contributed by atoms with van der Waals surface area (Å²) in [5, 5.41) is 2.59. The zero-order valence-electron chi connectivity index (χ0n) is 32.0. The highest BCUT2D eigenvalue weighted by Gasteiger charge is 2.38. The van der Waals surface area contributed by atoms with Gasteiger partial charge in [0.1, 0.15) is 17.7 Å². The molecule has 3 rings (SSSR count). The van der Waals surface area contributed by atoms with E-state index in [9.17, 15) is 31.9 Å². The Labute approximate surface area is 314 Å². The summed E-state index contributed by atoms with van der Waals surface area (Å²) in [5.74, 6) is -3.80. The van der Waals surface area contributed by atoms with E-state index in [0.717, 1.165) is 23.7 Å². The molecule has 3 atom stereocenters. The molecule has 7 nitrogen and oxygen atoms in total. The van der Waals surface area contributed by atoms with Crippen LogP contribution >= 0.6 is 0 Å². The van der Waals surface area contributed by atoms with E-state index in [4.69, 9.17) is 4.74 Å². The van der Waals surface area contributed by atoms with Crippen molar-refractivity contribution < 1.29 is 36.3 Å². The zero-order valence-corrected chi connectivity index (χ0v) is 32.0. The molecule has 1 amide bonds. The van der Waals surface area contributed by atoms with Crippen LogP contribution in [0.25, 0.3) is 11.1 Å². The number of unbranched alkanes of at least 4 members (excludes halogenated alkanes) is 2. The summed E-state index contributed by atoms with van der Waals surface area (Å²) in [4.78, 5) is 42.5. The zero-order chi connectivity index (χ0) is 40.3. The van der Waals surface area contributed by atoms with Gasteiger partial charge in [0.2, 0.25) is 5.91 Å². The van der Waals surface area contributed by atoms with Crippen molar-refractivity contribution in [3.63, 3.8) is 0 Å². The Morgan fingerprint density at radius 3 is 2.31 bits per heavy atom. The number of nitrogens with zero attached hydrogens (tertiary/aromatic N) is 2. The first kappa shape index (κ1) is 43.8. The molecule has 0 aliphatic carbocycles. The first-order chi connectivity index (χ1) is 25.4. The van der Waals surface area contributed by atoms with E-state index < -0.39 is 64.9 Å². The fourth-order valence-corrected chi connectivity index (χ4v) is 6.88. The second-order valence-corrected chi connectivity index (χ2v) is 14.1. The molecule has 0 aliphatic heterocycles. The second kappa shape index (κ2) is 19.7. The second-order valence-electron chi connectivity index (χ2n) is 14.1. The van der Waals surface area contributed by atoms with Crippen LogP contribution in [0.1, 0.15) is 91.4 Å². The third-order valence-corrected chi connectivity index (χ3v) is 9.22. The fraction of sp³-hybridized carbons (Fsp3) is 0.452. The molecule has 0 saturated carbocycles. The minimum atomic E-state index is -5.17. The van der Waals surface area contributed by atoms with E-state index >= 15 is 4.39 Å². The summed E-state index contributed by atoms with van der Waals surface area (Å²) in [6.45, 7) is 15.1. The molecule has 0 aliphatic rings. The highest BCUT2D eigenvalue weighted by Crippen LogP contribution is 2.40. The van der Waals surface area contributed by atoms with Crippen LogP contribution in [0.2, 0.25) is 0 Å². The van der Waals surface area contributed by atoms with Crippen LogP contribution in [0.3, 0.4) is 0 Å². The van der Waals surface area contributed by atoms with Gasteiger partial charge in [0, 0.05) is 24.4 Å². The number of halogens is 5. The van der Waals surface area contributed by atoms with Crippen molar-refractivity contribution >= 4 is 11.9 Å². The van der Waals surface area contributed by atoms with Crippen LogP contribution in [0, 0.1) is 31.4 Å². The molecule has 1 aromatic heterocycles. The number of nitrogens with one attached hydrogen (secondary N) is 1. The highest BCUT2D eigenvalue weighted by atomic mass is 19.4. The maximum atomic E-state index is 16.2. The van der Waals surface area contributed by atoms with Crippen molar-refractivity contribution in [2.75, 3.05) is 27.2 Å². The van der Waals surface area contributed by atoms with Gasteiger partial charge in [-0.15, -0.1) is 13.2 Å². The lowest BCUT2D eigenvalue weighted by Crippen LogP contribution is -2.40. The fourth-order valence-electron chi connectivity index (χ4n) is 6.88. The number of amides is 1. The number of alkyl halides is 3. The number of esters is 1. The Bertz CT molecular complexity index is 1870. The summed E-state index contributed by atoms with van der Waals surface area (Å²) < 4.78 is 80.9. The standard InChI is InChI=1S/C42H52F5N3O4/c1-9-12-13-14-16-29-20-32(43)18-28(6)39(29)30-21-33(40(44)34(22-30)42(45,46)47)35(23-38(52)54-11-3)48-41(53)36(15-10-2)50-25-31(27(5)19-37(50)51)17-26(4)24-49(7)8/h9-10,18-22,25-26,35-36H,1-2,11-17,23-24H2,3-8H3,(H,48,53)/t26?,35-,36-/m0/s1. The molecule has 294 valence electrons. The Morgan fingerprint density at radius 2 is 1.70 bits per heavy atom. The van der Waals surface area contributed by atoms with Gasteiger partial charge in [0.05, 0.1) is 24.6 Å². The Morgan fingerprint density at radius 1 is 1.00 bits per heavy atom. The molecule has 0 bridgehead atoms. The predicted octanol–water partition coefficient (Wildman–Crippen LogP) is 9.00. The van der Waals surface area contributed by atoms with Crippen LogP contribution in [0.5, 0.6) is 0 Å². The summed E-state index contributed by atoms with van der Waals surface area (Å²) >= 11 is 0. The van der Waals surface area contributed by atoms with Crippen LogP contribution < -0.4 is 10.9 Å². The van der Waals surface area contributed by atoms with Gasteiger partial charge in [-0.25, -0.2) is 8.78 Å². The summed E-state index contributed by atoms with van der Waals surface area (Å²) in [6, 6.07) is 2.79. The molecule has 0 spiro atoms. The monoisotopic (exact) mass is 757 g/mol. The molecule has 0 radical (unpaired) electrons. The lowest BCUT2D eigenvalue weighted by atomic mass is 9.88. The van der Waals surface area contributed by atoms with Gasteiger partial charge in [-0.05, 0) is 137 Å². The molecule has 2 aromatic carbocycles. The number of ether oxygens (including phenoxy) is 1. The van der Waals surface area contributed by atoms with Crippen molar-refractivity contribution in [2.24, 2.45) is 5.92 Å². The van der Waals surface area contributed by atoms with Gasteiger partial charge in [0.25, 0.3) is 5.56 Å². The molecule has 1 unspecified atom stereocenters. The molecule has 1 N–H and O–H groups in total. The van der Waals surface area contributed by atoms with E-state index in [-0.39, 0.29) is 30.1 Å². The van der Waals surface area contributed by atoms with Gasteiger partial charge < -0.3 is 19.5 Å². The lowest BCUT2D eigenvalue weighted by molar-refractivity contribution is -0.144. The molecular weight excluding hydrogens is 705 g/mol. The number of hydrogen-bond donors (Lipinski definition) is 1. The number of aryl methyl sites for hydroxylation is 3. The summed E-state index contributed by atoms with van der Waals surface area (Å²) in [5.41, 5.74) is -0.212. The molecule has 12 heteroatoms. The van der Waals surface area contributed by atoms with Crippen molar-refractivity contribution in [3.05, 3.63) is 117 Å². The number of rotatable bonds is 19. The van der Waals surface area contributed by atoms with Crippen LogP contribution in [0.4, 0.5) is 22.0 Å². The minimum Gasteiger partial charge on any atom is -0.466 e. The molecule has 1 heterocycles. The Balaban J connectivity index is 2.23. The van der Waals surface area contributed by atoms with Crippen LogP contribution in [-0.2, 0) is 33.3 Å². The molecule has 54 heavy (non-hydrogen) atoms. The largest absolute Gasteiger partial charge is 0.466 e. The van der Waals surface area contributed by atoms with E-state index in [0.29, 0.717) is 49.3 Å². The van der Waals surface area contributed by atoms with Crippen LogP contribution in [-0.4, -0.2) is 48.6 Å². The smallest absolute Gasteiger partial charge is 0.419 e. The highest BCUT2D eigenvalue weighted by molar-refractivity contribution is 5.82. The Hall–Kier alpha value is -4.58. The maximum absolute atomic E-state index is 16.2. The first-order valence-corrected chi connectivity index (χ1v) is 18.2. The maximum Gasteiger partial charge on any atom is 0.419 e. The van der Waals surface area contributed by atoms with E-state index in [1.165, 1.54) is 35.8 Å². The van der Waals surface area contributed by atoms with E-state index in [2.05, 4.69) is 25.4 Å². The van der Waals surface area contributed by atoms with Gasteiger partial charge in [-0.3, -0.25) is 14.4 Å². The van der Waals surface area contributed by atoms with Crippen molar-refractivity contribution in [2.45, 2.75) is 90.9 Å². The predicted molar refractivity (Wildman–Crippen MR) is 202 cm³/mol. The number of aromatic nitrogens is 1. The first-order valence-electron chi connectivity index (χ1n) is 18.2. The summed E-state index contributed by atoms with van der Waals surface area (Å²) in [6.07, 6.45) is 1.69. The third-order valence-electron chi connectivity index (χ3n) is 9.22.